The summed E-state index contributed by atoms with van der Waals surface area (Å²) in [6, 6.07) is 6.37. The van der Waals surface area contributed by atoms with Gasteiger partial charge < -0.3 is 4.90 Å². The van der Waals surface area contributed by atoms with Gasteiger partial charge in [0.1, 0.15) is 18.3 Å². The summed E-state index contributed by atoms with van der Waals surface area (Å²) in [5.74, 6) is 0.856. The predicted octanol–water partition coefficient (Wildman–Crippen LogP) is 3.62. The summed E-state index contributed by atoms with van der Waals surface area (Å²) >= 11 is 0. The van der Waals surface area contributed by atoms with Gasteiger partial charge in [-0.2, -0.15) is 0 Å². The molecule has 1 fully saturated rings. The number of benzene rings is 1. The third-order valence-corrected chi connectivity index (χ3v) is 4.10. The Labute approximate surface area is 124 Å². The van der Waals surface area contributed by atoms with Crippen LogP contribution in [0.15, 0.2) is 24.5 Å². The van der Waals surface area contributed by atoms with Crippen LogP contribution >= 0.6 is 0 Å². The Kier molecular flexibility index (Phi) is 3.62. The molecule has 110 valence electrons. The average Bonchev–Trinajstić information content (AvgIpc) is 2.86. The molecule has 1 aliphatic rings. The maximum Gasteiger partial charge on any atom is 0.140 e. The molecule has 2 aromatic rings. The van der Waals surface area contributed by atoms with E-state index in [0.717, 1.165) is 29.2 Å². The van der Waals surface area contributed by atoms with Crippen LogP contribution in [0.3, 0.4) is 0 Å². The van der Waals surface area contributed by atoms with E-state index in [-0.39, 0.29) is 0 Å². The molecule has 0 radical (unpaired) electrons. The van der Waals surface area contributed by atoms with Crippen LogP contribution in [-0.4, -0.2) is 29.2 Å². The molecule has 0 aliphatic carbocycles. The van der Waals surface area contributed by atoms with Gasteiger partial charge in [-0.15, -0.1) is 0 Å². The van der Waals surface area contributed by atoms with Crippen molar-refractivity contribution in [2.24, 2.45) is 0 Å². The van der Waals surface area contributed by atoms with E-state index in [2.05, 4.69) is 42.0 Å². The van der Waals surface area contributed by atoms with Crippen LogP contribution in [0.2, 0.25) is 0 Å². The van der Waals surface area contributed by atoms with E-state index in [1.807, 2.05) is 11.8 Å². The number of hydrogen-bond donors (Lipinski definition) is 0. The fourth-order valence-corrected chi connectivity index (χ4v) is 3.02. The minimum atomic E-state index is -0.757. The molecule has 21 heavy (non-hydrogen) atoms. The molecule has 3 nitrogen and oxygen atoms in total. The van der Waals surface area contributed by atoms with Crippen molar-refractivity contribution in [1.29, 1.82) is 0 Å². The van der Waals surface area contributed by atoms with E-state index < -0.39 is 6.17 Å². The summed E-state index contributed by atoms with van der Waals surface area (Å²) in [6.07, 6.45) is 1.39. The quantitative estimate of drug-likeness (QED) is 0.844. The highest BCUT2D eigenvalue weighted by Gasteiger charge is 2.26. The molecule has 0 unspecified atom stereocenters. The van der Waals surface area contributed by atoms with Crippen LogP contribution in [0, 0.1) is 20.8 Å². The zero-order valence-corrected chi connectivity index (χ0v) is 12.7. The second-order valence-electron chi connectivity index (χ2n) is 5.81. The van der Waals surface area contributed by atoms with Gasteiger partial charge in [0.25, 0.3) is 0 Å². The van der Waals surface area contributed by atoms with Crippen molar-refractivity contribution < 1.29 is 4.39 Å². The number of rotatable bonds is 2. The van der Waals surface area contributed by atoms with Crippen molar-refractivity contribution in [3.05, 3.63) is 41.3 Å². The first-order valence-corrected chi connectivity index (χ1v) is 7.34. The number of nitrogens with zero attached hydrogens (tertiary/aromatic N) is 3. The van der Waals surface area contributed by atoms with Crippen LogP contribution in [0.4, 0.5) is 10.2 Å². The van der Waals surface area contributed by atoms with Gasteiger partial charge >= 0.3 is 0 Å². The minimum Gasteiger partial charge on any atom is -0.353 e. The second-order valence-corrected chi connectivity index (χ2v) is 5.81. The van der Waals surface area contributed by atoms with Gasteiger partial charge in [0, 0.05) is 12.1 Å². The SMILES string of the molecule is Cc1ccc(-c2c(C)ncnc2N2CC[C@H](F)C2)c(C)c1. The summed E-state index contributed by atoms with van der Waals surface area (Å²) in [5, 5.41) is 0. The predicted molar refractivity (Wildman–Crippen MR) is 83.4 cm³/mol. The summed E-state index contributed by atoms with van der Waals surface area (Å²) in [7, 11) is 0. The number of aryl methyl sites for hydroxylation is 3. The molecular weight excluding hydrogens is 265 g/mol. The summed E-state index contributed by atoms with van der Waals surface area (Å²) in [4.78, 5) is 10.8. The van der Waals surface area contributed by atoms with Gasteiger partial charge in [0.15, 0.2) is 0 Å². The van der Waals surface area contributed by atoms with E-state index in [1.165, 1.54) is 11.1 Å². The minimum absolute atomic E-state index is 0.425. The molecule has 1 aromatic carbocycles. The van der Waals surface area contributed by atoms with Crippen molar-refractivity contribution in [2.45, 2.75) is 33.4 Å². The monoisotopic (exact) mass is 285 g/mol. The third kappa shape index (κ3) is 2.62. The van der Waals surface area contributed by atoms with Crippen molar-refractivity contribution in [1.82, 2.24) is 9.97 Å². The molecule has 0 amide bonds. The maximum absolute atomic E-state index is 13.5. The topological polar surface area (TPSA) is 29.0 Å². The molecule has 1 aliphatic heterocycles. The van der Waals surface area contributed by atoms with E-state index in [1.54, 1.807) is 6.33 Å². The molecule has 1 atom stereocenters. The number of hydrogen-bond acceptors (Lipinski definition) is 3. The first-order chi connectivity index (χ1) is 10.1. The summed E-state index contributed by atoms with van der Waals surface area (Å²) < 4.78 is 13.5. The summed E-state index contributed by atoms with van der Waals surface area (Å²) in [5.41, 5.74) is 5.54. The first-order valence-electron chi connectivity index (χ1n) is 7.34. The molecule has 1 saturated heterocycles. The Hall–Kier alpha value is -1.97. The zero-order chi connectivity index (χ0) is 15.0. The molecule has 0 saturated carbocycles. The summed E-state index contributed by atoms with van der Waals surface area (Å²) in [6.45, 7) is 7.31. The van der Waals surface area contributed by atoms with Crippen LogP contribution in [0.25, 0.3) is 11.1 Å². The molecular formula is C17H20FN3. The Balaban J connectivity index is 2.13. The highest BCUT2D eigenvalue weighted by Crippen LogP contribution is 2.35. The smallest absolute Gasteiger partial charge is 0.140 e. The molecule has 0 N–H and O–H groups in total. The maximum atomic E-state index is 13.5. The lowest BCUT2D eigenvalue weighted by Crippen LogP contribution is -2.22. The molecule has 1 aromatic heterocycles. The van der Waals surface area contributed by atoms with Gasteiger partial charge in [0.05, 0.1) is 12.2 Å². The van der Waals surface area contributed by atoms with Crippen LogP contribution in [-0.2, 0) is 0 Å². The highest BCUT2D eigenvalue weighted by atomic mass is 19.1. The standard InChI is InChI=1S/C17H20FN3/c1-11-4-5-15(12(2)8-11)16-13(3)19-10-20-17(16)21-7-6-14(18)9-21/h4-5,8,10,14H,6-7,9H2,1-3H3/t14-/m0/s1. The first kappa shape index (κ1) is 14.0. The van der Waals surface area contributed by atoms with Crippen molar-refractivity contribution >= 4 is 5.82 Å². The van der Waals surface area contributed by atoms with Gasteiger partial charge in [-0.1, -0.05) is 23.8 Å². The Morgan fingerprint density at radius 2 is 2.00 bits per heavy atom. The lowest BCUT2D eigenvalue weighted by molar-refractivity contribution is 0.364. The molecule has 3 rings (SSSR count). The number of halogens is 1. The fraction of sp³-hybridized carbons (Fsp3) is 0.412. The molecule has 2 heterocycles. The molecule has 0 bridgehead atoms. The van der Waals surface area contributed by atoms with Crippen LogP contribution in [0.5, 0.6) is 0 Å². The van der Waals surface area contributed by atoms with Crippen molar-refractivity contribution in [2.75, 3.05) is 18.0 Å². The largest absolute Gasteiger partial charge is 0.353 e. The van der Waals surface area contributed by atoms with E-state index in [4.69, 9.17) is 0 Å². The third-order valence-electron chi connectivity index (χ3n) is 4.10. The van der Waals surface area contributed by atoms with E-state index in [9.17, 15) is 4.39 Å². The van der Waals surface area contributed by atoms with Gasteiger partial charge in [-0.25, -0.2) is 14.4 Å². The van der Waals surface area contributed by atoms with Crippen LogP contribution < -0.4 is 4.90 Å². The second kappa shape index (κ2) is 5.43. The number of anilines is 1. The fourth-order valence-electron chi connectivity index (χ4n) is 3.02. The molecule has 0 spiro atoms. The van der Waals surface area contributed by atoms with Gasteiger partial charge in [0.2, 0.25) is 0 Å². The Morgan fingerprint density at radius 1 is 1.19 bits per heavy atom. The average molecular weight is 285 g/mol. The van der Waals surface area contributed by atoms with Gasteiger partial charge in [-0.05, 0) is 38.3 Å². The van der Waals surface area contributed by atoms with E-state index in [0.29, 0.717) is 13.0 Å². The Bertz CT molecular complexity index is 669. The Morgan fingerprint density at radius 3 is 2.67 bits per heavy atom. The van der Waals surface area contributed by atoms with Crippen LogP contribution in [0.1, 0.15) is 23.2 Å². The van der Waals surface area contributed by atoms with Crippen molar-refractivity contribution in [3.63, 3.8) is 0 Å². The number of alkyl halides is 1. The highest BCUT2D eigenvalue weighted by molar-refractivity contribution is 5.80. The van der Waals surface area contributed by atoms with E-state index >= 15 is 0 Å². The number of aromatic nitrogens is 2. The van der Waals surface area contributed by atoms with Gasteiger partial charge in [-0.3, -0.25) is 0 Å². The lowest BCUT2D eigenvalue weighted by Gasteiger charge is -2.22. The lowest BCUT2D eigenvalue weighted by atomic mass is 9.97. The zero-order valence-electron chi connectivity index (χ0n) is 12.7. The normalized spacial score (nSPS) is 18.3. The van der Waals surface area contributed by atoms with Crippen molar-refractivity contribution in [3.8, 4) is 11.1 Å². The molecule has 4 heteroatoms.